The number of hydrogen-bond donors (Lipinski definition) is 1. The average molecular weight is 272 g/mol. The van der Waals surface area contributed by atoms with Gasteiger partial charge in [-0.05, 0) is 44.8 Å². The van der Waals surface area contributed by atoms with Gasteiger partial charge in [-0.2, -0.15) is 0 Å². The summed E-state index contributed by atoms with van der Waals surface area (Å²) in [5, 5.41) is 1.04. The minimum atomic E-state index is 0.836. The van der Waals surface area contributed by atoms with Crippen molar-refractivity contribution in [3.05, 3.63) is 30.5 Å². The molecule has 4 nitrogen and oxygen atoms in total. The van der Waals surface area contributed by atoms with Gasteiger partial charge in [0.05, 0.1) is 16.9 Å². The molecule has 4 heteroatoms. The molecule has 2 N–H and O–H groups in total. The van der Waals surface area contributed by atoms with Crippen molar-refractivity contribution in [3.63, 3.8) is 0 Å². The predicted octanol–water partition coefficient (Wildman–Crippen LogP) is 2.59. The number of aromatic nitrogens is 1. The average Bonchev–Trinajstić information content (AvgIpc) is 2.44. The van der Waals surface area contributed by atoms with Crippen molar-refractivity contribution in [1.29, 1.82) is 0 Å². The summed E-state index contributed by atoms with van der Waals surface area (Å²) in [6.07, 6.45) is 2.91. The maximum absolute atomic E-state index is 6.36. The zero-order valence-electron chi connectivity index (χ0n) is 12.6. The molecule has 0 unspecified atom stereocenters. The number of rotatable bonds is 6. The van der Waals surface area contributed by atoms with Crippen molar-refractivity contribution < 1.29 is 0 Å². The molecule has 1 aromatic heterocycles. The molecule has 0 aliphatic rings. The summed E-state index contributed by atoms with van der Waals surface area (Å²) in [6, 6.07) is 8.12. The topological polar surface area (TPSA) is 45.4 Å². The predicted molar refractivity (Wildman–Crippen MR) is 87.2 cm³/mol. The van der Waals surface area contributed by atoms with Crippen LogP contribution in [0.1, 0.15) is 13.3 Å². The Morgan fingerprint density at radius 3 is 2.60 bits per heavy atom. The Balaban J connectivity index is 2.34. The lowest BCUT2D eigenvalue weighted by Crippen LogP contribution is -2.32. The Morgan fingerprint density at radius 1 is 1.10 bits per heavy atom. The molecule has 0 atom stereocenters. The van der Waals surface area contributed by atoms with Gasteiger partial charge in [0.25, 0.3) is 0 Å². The fourth-order valence-electron chi connectivity index (χ4n) is 2.38. The van der Waals surface area contributed by atoms with Gasteiger partial charge in [-0.15, -0.1) is 0 Å². The van der Waals surface area contributed by atoms with Crippen molar-refractivity contribution in [2.75, 3.05) is 44.4 Å². The Bertz CT molecular complexity index is 565. The maximum atomic E-state index is 6.36. The number of hydrogen-bond acceptors (Lipinski definition) is 4. The summed E-state index contributed by atoms with van der Waals surface area (Å²) in [7, 11) is 4.19. The van der Waals surface area contributed by atoms with E-state index in [1.54, 1.807) is 6.20 Å². The third-order valence-corrected chi connectivity index (χ3v) is 3.46. The first-order valence-corrected chi connectivity index (χ1v) is 7.16. The fraction of sp³-hybridized carbons (Fsp3) is 0.438. The first-order chi connectivity index (χ1) is 9.63. The smallest absolute Gasteiger partial charge is 0.0724 e. The summed E-state index contributed by atoms with van der Waals surface area (Å²) >= 11 is 0. The molecule has 108 valence electrons. The molecule has 1 heterocycles. The van der Waals surface area contributed by atoms with Gasteiger partial charge >= 0.3 is 0 Å². The van der Waals surface area contributed by atoms with E-state index in [1.165, 1.54) is 0 Å². The third kappa shape index (κ3) is 3.20. The van der Waals surface area contributed by atoms with E-state index in [-0.39, 0.29) is 0 Å². The van der Waals surface area contributed by atoms with E-state index in [2.05, 4.69) is 47.9 Å². The molecule has 0 amide bonds. The van der Waals surface area contributed by atoms with Crippen LogP contribution in [0.2, 0.25) is 0 Å². The Morgan fingerprint density at radius 2 is 1.90 bits per heavy atom. The lowest BCUT2D eigenvalue weighted by atomic mass is 10.1. The molecule has 0 fully saturated rings. The van der Waals surface area contributed by atoms with Gasteiger partial charge in [0.1, 0.15) is 0 Å². The van der Waals surface area contributed by atoms with Crippen LogP contribution in [0, 0.1) is 0 Å². The van der Waals surface area contributed by atoms with Gasteiger partial charge < -0.3 is 15.5 Å². The number of nitrogens with two attached hydrogens (primary N) is 1. The molecule has 0 aliphatic carbocycles. The van der Waals surface area contributed by atoms with E-state index < -0.39 is 0 Å². The number of nitrogen functional groups attached to an aromatic ring is 1. The van der Waals surface area contributed by atoms with E-state index in [9.17, 15) is 0 Å². The van der Waals surface area contributed by atoms with Crippen molar-refractivity contribution in [1.82, 2.24) is 9.88 Å². The number of likely N-dealkylation sites (N-methyl/N-ethyl adjacent to an activating group) is 1. The molecule has 0 saturated carbocycles. The van der Waals surface area contributed by atoms with Crippen LogP contribution in [0.3, 0.4) is 0 Å². The molecular weight excluding hydrogens is 248 g/mol. The van der Waals surface area contributed by atoms with E-state index in [0.29, 0.717) is 0 Å². The number of fused-ring (bicyclic) bond motifs is 1. The van der Waals surface area contributed by atoms with Crippen molar-refractivity contribution in [2.24, 2.45) is 0 Å². The lowest BCUT2D eigenvalue weighted by molar-refractivity contribution is 0.413. The van der Waals surface area contributed by atoms with Gasteiger partial charge in [-0.3, -0.25) is 4.98 Å². The SMILES string of the molecule is CCCN(CCN(C)C)c1ccc2ncccc2c1N. The van der Waals surface area contributed by atoms with Crippen molar-refractivity contribution in [2.45, 2.75) is 13.3 Å². The van der Waals surface area contributed by atoms with Gasteiger partial charge in [0.2, 0.25) is 0 Å². The summed E-state index contributed by atoms with van der Waals surface area (Å²) in [5.41, 5.74) is 9.27. The Hall–Kier alpha value is -1.81. The zero-order valence-corrected chi connectivity index (χ0v) is 12.6. The first-order valence-electron chi connectivity index (χ1n) is 7.16. The largest absolute Gasteiger partial charge is 0.396 e. The Kier molecular flexibility index (Phi) is 4.79. The minimum Gasteiger partial charge on any atom is -0.396 e. The van der Waals surface area contributed by atoms with Crippen molar-refractivity contribution >= 4 is 22.3 Å². The van der Waals surface area contributed by atoms with Crippen LogP contribution < -0.4 is 10.6 Å². The second-order valence-electron chi connectivity index (χ2n) is 5.36. The van der Waals surface area contributed by atoms with Gasteiger partial charge in [0.15, 0.2) is 0 Å². The van der Waals surface area contributed by atoms with Gasteiger partial charge in [-0.25, -0.2) is 0 Å². The highest BCUT2D eigenvalue weighted by Gasteiger charge is 2.12. The van der Waals surface area contributed by atoms with Crippen LogP contribution in [-0.4, -0.2) is 43.6 Å². The fourth-order valence-corrected chi connectivity index (χ4v) is 2.38. The molecular formula is C16H24N4. The highest BCUT2D eigenvalue weighted by Crippen LogP contribution is 2.30. The van der Waals surface area contributed by atoms with Crippen LogP contribution in [0.4, 0.5) is 11.4 Å². The molecule has 0 saturated heterocycles. The molecule has 2 rings (SSSR count). The van der Waals surface area contributed by atoms with Crippen LogP contribution in [0.25, 0.3) is 10.9 Å². The monoisotopic (exact) mass is 272 g/mol. The van der Waals surface area contributed by atoms with Gasteiger partial charge in [-0.1, -0.05) is 6.92 Å². The van der Waals surface area contributed by atoms with Crippen LogP contribution >= 0.6 is 0 Å². The Labute approximate surface area is 121 Å². The highest BCUT2D eigenvalue weighted by molar-refractivity contribution is 5.97. The second-order valence-corrected chi connectivity index (χ2v) is 5.36. The molecule has 20 heavy (non-hydrogen) atoms. The molecule has 0 spiro atoms. The van der Waals surface area contributed by atoms with E-state index in [0.717, 1.165) is 48.3 Å². The van der Waals surface area contributed by atoms with E-state index >= 15 is 0 Å². The minimum absolute atomic E-state index is 0.836. The quantitative estimate of drug-likeness (QED) is 0.821. The van der Waals surface area contributed by atoms with Crippen molar-refractivity contribution in [3.8, 4) is 0 Å². The number of anilines is 2. The second kappa shape index (κ2) is 6.57. The molecule has 1 aromatic carbocycles. The molecule has 0 radical (unpaired) electrons. The summed E-state index contributed by atoms with van der Waals surface area (Å²) in [4.78, 5) is 8.91. The number of nitrogens with zero attached hydrogens (tertiary/aromatic N) is 3. The standard InChI is InChI=1S/C16H24N4/c1-4-10-20(12-11-19(2)3)15-8-7-14-13(16(15)17)6-5-9-18-14/h5-9H,4,10-12,17H2,1-3H3. The zero-order chi connectivity index (χ0) is 14.5. The number of pyridine rings is 1. The van der Waals surface area contributed by atoms with E-state index in [4.69, 9.17) is 5.73 Å². The molecule has 2 aromatic rings. The maximum Gasteiger partial charge on any atom is 0.0724 e. The summed E-state index contributed by atoms with van der Waals surface area (Å²) in [5.74, 6) is 0. The highest BCUT2D eigenvalue weighted by atomic mass is 15.2. The normalized spacial score (nSPS) is 11.2. The number of benzene rings is 1. The van der Waals surface area contributed by atoms with Crippen LogP contribution in [0.5, 0.6) is 0 Å². The first kappa shape index (κ1) is 14.6. The lowest BCUT2D eigenvalue weighted by Gasteiger charge is -2.27. The summed E-state index contributed by atoms with van der Waals surface area (Å²) < 4.78 is 0. The van der Waals surface area contributed by atoms with E-state index in [1.807, 2.05) is 12.1 Å². The summed E-state index contributed by atoms with van der Waals surface area (Å²) in [6.45, 7) is 5.21. The van der Waals surface area contributed by atoms with Crippen LogP contribution in [0.15, 0.2) is 30.5 Å². The molecule has 0 aliphatic heterocycles. The molecule has 0 bridgehead atoms. The van der Waals surface area contributed by atoms with Crippen LogP contribution in [-0.2, 0) is 0 Å². The third-order valence-electron chi connectivity index (χ3n) is 3.46. The van der Waals surface area contributed by atoms with Gasteiger partial charge in [0, 0.05) is 31.2 Å².